The summed E-state index contributed by atoms with van der Waals surface area (Å²) in [6.45, 7) is 12.3. The third-order valence-electron chi connectivity index (χ3n) is 4.72. The largest absolute Gasteiger partial charge is 0.388 e. The van der Waals surface area contributed by atoms with Crippen LogP contribution in [0.4, 0.5) is 0 Å². The van der Waals surface area contributed by atoms with Crippen LogP contribution in [-0.2, 0) is 10.0 Å². The first-order valence-electron chi connectivity index (χ1n) is 9.41. The minimum Gasteiger partial charge on any atom is -0.388 e. The van der Waals surface area contributed by atoms with Crippen molar-refractivity contribution >= 4 is 26.0 Å². The number of aliphatic hydroxyl groups is 1. The van der Waals surface area contributed by atoms with Crippen LogP contribution in [-0.4, -0.2) is 25.2 Å². The molecule has 0 saturated carbocycles. The Morgan fingerprint density at radius 3 is 1.88 bits per heavy atom. The molecule has 150 valence electrons. The van der Waals surface area contributed by atoms with E-state index in [-0.39, 0.29) is 22.6 Å². The standard InChI is InChI=1S/C20H34BrNO3S/c1-7-16(6)19(20(23,12-14(2)3)13-15(4)5)22-26(24,25)18-10-8-17(21)9-11-18/h8-11,14-16,19,22-23H,7,12-13H2,1-6H3/t16-,19-/m0/s1. The van der Waals surface area contributed by atoms with Crippen LogP contribution in [0, 0.1) is 17.8 Å². The highest BCUT2D eigenvalue weighted by atomic mass is 79.9. The SMILES string of the molecule is CC[C@H](C)[C@H](NS(=O)(=O)c1ccc(Br)cc1)C(O)(CC(C)C)CC(C)C. The topological polar surface area (TPSA) is 66.4 Å². The molecular weight excluding hydrogens is 414 g/mol. The van der Waals surface area contributed by atoms with E-state index in [0.717, 1.165) is 10.9 Å². The summed E-state index contributed by atoms with van der Waals surface area (Å²) in [7, 11) is -3.72. The molecule has 2 atom stereocenters. The van der Waals surface area contributed by atoms with Crippen LogP contribution in [0.1, 0.15) is 60.8 Å². The van der Waals surface area contributed by atoms with E-state index in [1.54, 1.807) is 24.3 Å². The normalized spacial score (nSPS) is 15.5. The zero-order chi connectivity index (χ0) is 20.1. The Bertz CT molecular complexity index is 646. The zero-order valence-electron chi connectivity index (χ0n) is 16.8. The lowest BCUT2D eigenvalue weighted by Crippen LogP contribution is -2.57. The first-order chi connectivity index (χ1) is 11.9. The van der Waals surface area contributed by atoms with Gasteiger partial charge in [0.1, 0.15) is 0 Å². The number of halogens is 1. The number of hydrogen-bond acceptors (Lipinski definition) is 3. The van der Waals surface area contributed by atoms with Gasteiger partial charge in [-0.1, -0.05) is 63.9 Å². The van der Waals surface area contributed by atoms with E-state index in [1.165, 1.54) is 0 Å². The van der Waals surface area contributed by atoms with Crippen molar-refractivity contribution in [1.82, 2.24) is 4.72 Å². The fraction of sp³-hybridized carbons (Fsp3) is 0.700. The van der Waals surface area contributed by atoms with Gasteiger partial charge >= 0.3 is 0 Å². The van der Waals surface area contributed by atoms with Crippen LogP contribution in [0.15, 0.2) is 33.6 Å². The fourth-order valence-electron chi connectivity index (χ4n) is 3.59. The van der Waals surface area contributed by atoms with Crippen molar-refractivity contribution in [1.29, 1.82) is 0 Å². The second kappa shape index (κ2) is 9.67. The number of benzene rings is 1. The van der Waals surface area contributed by atoms with E-state index < -0.39 is 21.7 Å². The van der Waals surface area contributed by atoms with Crippen molar-refractivity contribution < 1.29 is 13.5 Å². The molecule has 1 aromatic carbocycles. The number of sulfonamides is 1. The quantitative estimate of drug-likeness (QED) is 0.531. The van der Waals surface area contributed by atoms with Gasteiger partial charge in [0.15, 0.2) is 0 Å². The van der Waals surface area contributed by atoms with Gasteiger partial charge in [-0.3, -0.25) is 0 Å². The fourth-order valence-corrected chi connectivity index (χ4v) is 5.27. The monoisotopic (exact) mass is 447 g/mol. The number of hydrogen-bond donors (Lipinski definition) is 2. The first-order valence-corrected chi connectivity index (χ1v) is 11.7. The van der Waals surface area contributed by atoms with Crippen molar-refractivity contribution in [2.45, 2.75) is 77.3 Å². The van der Waals surface area contributed by atoms with Gasteiger partial charge in [-0.2, -0.15) is 0 Å². The Kier molecular flexibility index (Phi) is 8.78. The van der Waals surface area contributed by atoms with Gasteiger partial charge in [-0.25, -0.2) is 13.1 Å². The van der Waals surface area contributed by atoms with E-state index >= 15 is 0 Å². The Balaban J connectivity index is 3.28. The zero-order valence-corrected chi connectivity index (χ0v) is 19.2. The van der Waals surface area contributed by atoms with Crippen molar-refractivity contribution in [2.24, 2.45) is 17.8 Å². The summed E-state index contributed by atoms with van der Waals surface area (Å²) in [5.74, 6) is 0.549. The minimum absolute atomic E-state index is 0.0164. The molecule has 2 N–H and O–H groups in total. The summed E-state index contributed by atoms with van der Waals surface area (Å²) < 4.78 is 29.6. The molecule has 1 aromatic rings. The molecule has 0 fully saturated rings. The highest BCUT2D eigenvalue weighted by Gasteiger charge is 2.42. The van der Waals surface area contributed by atoms with E-state index in [9.17, 15) is 13.5 Å². The predicted molar refractivity (Wildman–Crippen MR) is 112 cm³/mol. The summed E-state index contributed by atoms with van der Waals surface area (Å²) in [5.41, 5.74) is -1.08. The van der Waals surface area contributed by atoms with Crippen molar-refractivity contribution in [3.8, 4) is 0 Å². The molecular formula is C20H34BrNO3S. The molecule has 1 rings (SSSR count). The highest BCUT2D eigenvalue weighted by Crippen LogP contribution is 2.33. The van der Waals surface area contributed by atoms with Crippen molar-refractivity contribution in [2.75, 3.05) is 0 Å². The Morgan fingerprint density at radius 1 is 1.04 bits per heavy atom. The van der Waals surface area contributed by atoms with Crippen LogP contribution < -0.4 is 4.72 Å². The number of nitrogens with one attached hydrogen (secondary N) is 1. The molecule has 0 aromatic heterocycles. The van der Waals surface area contributed by atoms with Gasteiger partial charge < -0.3 is 5.11 Å². The maximum Gasteiger partial charge on any atom is 0.240 e. The van der Waals surface area contributed by atoms with Gasteiger partial charge in [-0.15, -0.1) is 0 Å². The van der Waals surface area contributed by atoms with E-state index in [1.807, 2.05) is 13.8 Å². The summed E-state index contributed by atoms with van der Waals surface area (Å²) >= 11 is 3.33. The van der Waals surface area contributed by atoms with Gasteiger partial charge in [-0.05, 0) is 54.9 Å². The lowest BCUT2D eigenvalue weighted by molar-refractivity contribution is -0.0424. The highest BCUT2D eigenvalue weighted by molar-refractivity contribution is 9.10. The van der Waals surface area contributed by atoms with E-state index in [4.69, 9.17) is 0 Å². The second-order valence-corrected chi connectivity index (χ2v) is 10.9. The second-order valence-electron chi connectivity index (χ2n) is 8.24. The minimum atomic E-state index is -3.72. The first kappa shape index (κ1) is 23.6. The molecule has 0 saturated heterocycles. The predicted octanol–water partition coefficient (Wildman–Crippen LogP) is 4.97. The molecule has 0 aliphatic carbocycles. The maximum absolute atomic E-state index is 13.0. The van der Waals surface area contributed by atoms with Crippen LogP contribution >= 0.6 is 15.9 Å². The average Bonchev–Trinajstić information content (AvgIpc) is 2.50. The lowest BCUT2D eigenvalue weighted by Gasteiger charge is -2.42. The molecule has 4 nitrogen and oxygen atoms in total. The van der Waals surface area contributed by atoms with Crippen molar-refractivity contribution in [3.05, 3.63) is 28.7 Å². The van der Waals surface area contributed by atoms with Crippen LogP contribution in [0.5, 0.6) is 0 Å². The Hall–Kier alpha value is -0.430. The molecule has 6 heteroatoms. The third-order valence-corrected chi connectivity index (χ3v) is 6.71. The third kappa shape index (κ3) is 6.63. The molecule has 0 aliphatic rings. The summed E-state index contributed by atoms with van der Waals surface area (Å²) in [6.07, 6.45) is 1.90. The van der Waals surface area contributed by atoms with Crippen LogP contribution in [0.2, 0.25) is 0 Å². The number of rotatable bonds is 10. The summed E-state index contributed by atoms with van der Waals surface area (Å²) in [4.78, 5) is 0.213. The molecule has 0 bridgehead atoms. The lowest BCUT2D eigenvalue weighted by atomic mass is 9.75. The molecule has 26 heavy (non-hydrogen) atoms. The van der Waals surface area contributed by atoms with Gasteiger partial charge in [0, 0.05) is 4.47 Å². The van der Waals surface area contributed by atoms with Gasteiger partial charge in [0.2, 0.25) is 10.0 Å². The maximum atomic E-state index is 13.0. The molecule has 0 amide bonds. The van der Waals surface area contributed by atoms with Crippen LogP contribution in [0.3, 0.4) is 0 Å². The molecule has 0 unspecified atom stereocenters. The van der Waals surface area contributed by atoms with E-state index in [2.05, 4.69) is 48.3 Å². The summed E-state index contributed by atoms with van der Waals surface area (Å²) in [5, 5.41) is 11.5. The van der Waals surface area contributed by atoms with Crippen LogP contribution in [0.25, 0.3) is 0 Å². The molecule has 0 radical (unpaired) electrons. The van der Waals surface area contributed by atoms with Gasteiger partial charge in [0.05, 0.1) is 16.5 Å². The molecule has 0 heterocycles. The molecule has 0 spiro atoms. The average molecular weight is 448 g/mol. The van der Waals surface area contributed by atoms with Crippen molar-refractivity contribution in [3.63, 3.8) is 0 Å². The molecule has 0 aliphatic heterocycles. The smallest absolute Gasteiger partial charge is 0.240 e. The Morgan fingerprint density at radius 2 is 1.50 bits per heavy atom. The van der Waals surface area contributed by atoms with Gasteiger partial charge in [0.25, 0.3) is 0 Å². The summed E-state index contributed by atoms with van der Waals surface area (Å²) in [6, 6.07) is 6.03. The van der Waals surface area contributed by atoms with E-state index in [0.29, 0.717) is 12.8 Å². The Labute approximate surface area is 168 Å².